The van der Waals surface area contributed by atoms with Crippen LogP contribution < -0.4 is 10.4 Å². The van der Waals surface area contributed by atoms with Gasteiger partial charge in [-0.1, -0.05) is 44.2 Å². The van der Waals surface area contributed by atoms with Crippen molar-refractivity contribution < 1.29 is 42.9 Å². The smallest absolute Gasteiger partial charge is 0.345 e. The lowest BCUT2D eigenvalue weighted by atomic mass is 9.42. The zero-order chi connectivity index (χ0) is 30.6. The number of fused-ring (bicyclic) bond motifs is 4. The Labute approximate surface area is 244 Å². The van der Waals surface area contributed by atoms with E-state index in [0.29, 0.717) is 18.4 Å². The molecule has 1 aromatic carbocycles. The van der Waals surface area contributed by atoms with Crippen LogP contribution in [0, 0.1) is 22.7 Å². The maximum atomic E-state index is 13.4. The highest BCUT2D eigenvalue weighted by Gasteiger charge is 2.70. The summed E-state index contributed by atoms with van der Waals surface area (Å²) in [4.78, 5) is 49.9. The molecule has 1 aliphatic heterocycles. The molecule has 2 aliphatic carbocycles. The molecule has 42 heavy (non-hydrogen) atoms. The quantitative estimate of drug-likeness (QED) is 0.400. The highest BCUT2D eigenvalue weighted by Crippen LogP contribution is 2.67. The molecule has 0 saturated heterocycles. The van der Waals surface area contributed by atoms with E-state index >= 15 is 0 Å². The van der Waals surface area contributed by atoms with Crippen molar-refractivity contribution in [2.75, 3.05) is 6.61 Å². The van der Waals surface area contributed by atoms with E-state index in [1.807, 2.05) is 32.0 Å². The van der Waals surface area contributed by atoms with Crippen molar-refractivity contribution in [3.05, 3.63) is 52.4 Å². The molecular weight excluding hydrogens is 544 g/mol. The Bertz CT molecular complexity index is 1450. The summed E-state index contributed by atoms with van der Waals surface area (Å²) in [7, 11) is 0. The zero-order valence-electron chi connectivity index (χ0n) is 24.8. The molecule has 10 nitrogen and oxygen atoms in total. The molecule has 2 fully saturated rings. The molecule has 0 bridgehead atoms. The summed E-state index contributed by atoms with van der Waals surface area (Å²) < 4.78 is 29.5. The van der Waals surface area contributed by atoms with Gasteiger partial charge in [0.05, 0.1) is 6.10 Å². The topological polar surface area (TPSA) is 139 Å². The van der Waals surface area contributed by atoms with Crippen LogP contribution in [0.4, 0.5) is 0 Å². The van der Waals surface area contributed by atoms with Crippen molar-refractivity contribution in [2.45, 2.75) is 84.7 Å². The molecule has 5 rings (SSSR count). The highest BCUT2D eigenvalue weighted by molar-refractivity contribution is 5.67. The first-order valence-corrected chi connectivity index (χ1v) is 14.3. The summed E-state index contributed by atoms with van der Waals surface area (Å²) in [5.41, 5.74) is -2.90. The van der Waals surface area contributed by atoms with Gasteiger partial charge in [0.2, 0.25) is 0 Å². The molecular formula is C32H38O10. The largest absolute Gasteiger partial charge is 0.482 e. The fourth-order valence-corrected chi connectivity index (χ4v) is 8.13. The predicted molar refractivity (Wildman–Crippen MR) is 149 cm³/mol. The van der Waals surface area contributed by atoms with Crippen LogP contribution in [0.1, 0.15) is 72.5 Å². The van der Waals surface area contributed by atoms with Gasteiger partial charge in [0.25, 0.3) is 0 Å². The molecule has 10 heteroatoms. The summed E-state index contributed by atoms with van der Waals surface area (Å²) in [5.74, 6) is -2.12. The zero-order valence-corrected chi connectivity index (χ0v) is 24.8. The number of rotatable bonds is 5. The third-order valence-corrected chi connectivity index (χ3v) is 9.84. The average Bonchev–Trinajstić information content (AvgIpc) is 2.90. The van der Waals surface area contributed by atoms with Gasteiger partial charge in [-0.2, -0.15) is 0 Å². The number of hydrogen-bond donors (Lipinski definition) is 1. The first kappa shape index (κ1) is 29.8. The van der Waals surface area contributed by atoms with E-state index in [9.17, 15) is 24.3 Å². The Balaban J connectivity index is 1.66. The van der Waals surface area contributed by atoms with Gasteiger partial charge < -0.3 is 28.5 Å². The number of hydrogen-bond acceptors (Lipinski definition) is 10. The minimum absolute atomic E-state index is 0.00408. The van der Waals surface area contributed by atoms with Crippen molar-refractivity contribution in [1.29, 1.82) is 0 Å². The van der Waals surface area contributed by atoms with Crippen LogP contribution in [0.25, 0.3) is 11.3 Å². The molecule has 0 radical (unpaired) electrons. The van der Waals surface area contributed by atoms with Gasteiger partial charge in [-0.3, -0.25) is 14.4 Å². The minimum Gasteiger partial charge on any atom is -0.482 e. The summed E-state index contributed by atoms with van der Waals surface area (Å²) in [6.07, 6.45) is -1.55. The average molecular weight is 583 g/mol. The van der Waals surface area contributed by atoms with Crippen molar-refractivity contribution in [2.24, 2.45) is 22.7 Å². The van der Waals surface area contributed by atoms with Gasteiger partial charge in [0.1, 0.15) is 41.5 Å². The Kier molecular flexibility index (Phi) is 7.50. The molecule has 2 saturated carbocycles. The molecule has 226 valence electrons. The van der Waals surface area contributed by atoms with Crippen LogP contribution in [0.3, 0.4) is 0 Å². The number of esters is 3. The molecule has 2 heterocycles. The van der Waals surface area contributed by atoms with Crippen LogP contribution >= 0.6 is 0 Å². The number of carbonyl (C=O) groups is 3. The highest BCUT2D eigenvalue weighted by atomic mass is 16.6. The summed E-state index contributed by atoms with van der Waals surface area (Å²) >= 11 is 0. The lowest BCUT2D eigenvalue weighted by Crippen LogP contribution is -2.71. The molecule has 1 N–H and O–H groups in total. The maximum absolute atomic E-state index is 13.4. The van der Waals surface area contributed by atoms with Gasteiger partial charge in [0.15, 0.2) is 0 Å². The third-order valence-electron chi connectivity index (χ3n) is 9.84. The normalized spacial score (nSPS) is 35.0. The Morgan fingerprint density at radius 3 is 2.24 bits per heavy atom. The number of benzene rings is 1. The number of aliphatic hydroxyl groups is 1. The molecule has 8 atom stereocenters. The lowest BCUT2D eigenvalue weighted by Gasteiger charge is -2.66. The van der Waals surface area contributed by atoms with Crippen molar-refractivity contribution >= 4 is 17.9 Å². The van der Waals surface area contributed by atoms with Gasteiger partial charge in [0, 0.05) is 43.7 Å². The third kappa shape index (κ3) is 4.79. The monoisotopic (exact) mass is 582 g/mol. The molecule has 0 unspecified atom stereocenters. The Morgan fingerprint density at radius 2 is 1.62 bits per heavy atom. The Morgan fingerprint density at radius 1 is 0.976 bits per heavy atom. The van der Waals surface area contributed by atoms with E-state index in [0.717, 1.165) is 0 Å². The van der Waals surface area contributed by atoms with Gasteiger partial charge in [-0.25, -0.2) is 4.79 Å². The molecule has 0 amide bonds. The summed E-state index contributed by atoms with van der Waals surface area (Å²) in [6.45, 7) is 9.61. The van der Waals surface area contributed by atoms with E-state index in [2.05, 4.69) is 0 Å². The van der Waals surface area contributed by atoms with E-state index in [1.54, 1.807) is 25.1 Å². The fraction of sp³-hybridized carbons (Fsp3) is 0.562. The first-order valence-electron chi connectivity index (χ1n) is 14.3. The maximum Gasteiger partial charge on any atom is 0.345 e. The molecule has 2 aromatic rings. The van der Waals surface area contributed by atoms with Crippen molar-refractivity contribution in [3.8, 4) is 17.1 Å². The van der Waals surface area contributed by atoms with E-state index < -0.39 is 64.2 Å². The number of aliphatic hydroxyl groups excluding tert-OH is 1. The standard InChI is InChI=1S/C32H38O10/c1-17(33)38-16-31(5)23-15-25(40-19(3)35)32(6)28(30(23,4)13-12-24(31)39-18(2)34)27(36)26-22(42-32)14-21(41-29(26)37)20-10-8-7-9-11-20/h7-11,14,23-25,27-28,36H,12-13,15-16H2,1-6H3/t23-,24+,25+,27+,28-,30+,31+,32-/m1/s1. The minimum atomic E-state index is -1.33. The first-order chi connectivity index (χ1) is 19.7. The van der Waals surface area contributed by atoms with E-state index in [-0.39, 0.29) is 36.0 Å². The second kappa shape index (κ2) is 10.6. The summed E-state index contributed by atoms with van der Waals surface area (Å²) in [6, 6.07) is 10.7. The molecule has 3 aliphatic rings. The van der Waals surface area contributed by atoms with Gasteiger partial charge >= 0.3 is 23.5 Å². The second-order valence-corrected chi connectivity index (χ2v) is 12.6. The van der Waals surface area contributed by atoms with E-state index in [4.69, 9.17) is 23.4 Å². The SMILES string of the molecule is CC(=O)OC[C@@]1(C)[C@@H]2C[C@H](OC(C)=O)[C@@]3(C)Oc4cc(-c5ccccc5)oc(=O)c4[C@H](O)[C@@H]3[C@@]2(C)CC[C@@H]1OC(C)=O. The summed E-state index contributed by atoms with van der Waals surface area (Å²) in [5, 5.41) is 12.1. The fourth-order valence-electron chi connectivity index (χ4n) is 8.13. The van der Waals surface area contributed by atoms with Crippen LogP contribution in [0.5, 0.6) is 5.75 Å². The van der Waals surface area contributed by atoms with Gasteiger partial charge in [-0.05, 0) is 37.5 Å². The Hall–Kier alpha value is -3.66. The lowest BCUT2D eigenvalue weighted by molar-refractivity contribution is -0.270. The number of ether oxygens (including phenoxy) is 4. The predicted octanol–water partition coefficient (Wildman–Crippen LogP) is 4.36. The van der Waals surface area contributed by atoms with Crippen LogP contribution in [-0.4, -0.2) is 47.4 Å². The van der Waals surface area contributed by atoms with Crippen molar-refractivity contribution in [1.82, 2.24) is 0 Å². The van der Waals surface area contributed by atoms with Gasteiger partial charge in [-0.15, -0.1) is 0 Å². The van der Waals surface area contributed by atoms with E-state index in [1.165, 1.54) is 20.8 Å². The van der Waals surface area contributed by atoms with Crippen LogP contribution in [0.15, 0.2) is 45.6 Å². The van der Waals surface area contributed by atoms with Crippen LogP contribution in [-0.2, 0) is 28.6 Å². The molecule has 1 aromatic heterocycles. The molecule has 0 spiro atoms. The second-order valence-electron chi connectivity index (χ2n) is 12.6. The van der Waals surface area contributed by atoms with Crippen molar-refractivity contribution in [3.63, 3.8) is 0 Å². The number of carbonyl (C=O) groups excluding carboxylic acids is 3. The van der Waals surface area contributed by atoms with Crippen LogP contribution in [0.2, 0.25) is 0 Å².